The van der Waals surface area contributed by atoms with Crippen molar-refractivity contribution in [1.82, 2.24) is 19.2 Å². The number of hydrogen-bond acceptors (Lipinski definition) is 5. The fourth-order valence-electron chi connectivity index (χ4n) is 3.33. The summed E-state index contributed by atoms with van der Waals surface area (Å²) in [5, 5.41) is 10.3. The number of fused-ring (bicyclic) bond motifs is 1. The molecule has 0 bridgehead atoms. The second kappa shape index (κ2) is 8.19. The van der Waals surface area contributed by atoms with Crippen LogP contribution < -0.4 is 16.2 Å². The molecule has 2 aromatic heterocycles. The van der Waals surface area contributed by atoms with E-state index < -0.39 is 11.5 Å². The molecule has 2 N–H and O–H groups in total. The second-order valence-electron chi connectivity index (χ2n) is 7.00. The second-order valence-corrected chi connectivity index (χ2v) is 7.00. The van der Waals surface area contributed by atoms with Crippen LogP contribution in [0.5, 0.6) is 0 Å². The van der Waals surface area contributed by atoms with Crippen LogP contribution in [0.3, 0.4) is 0 Å². The molecule has 0 aliphatic carbocycles. The minimum Gasteiger partial charge on any atom is -0.340 e. The van der Waals surface area contributed by atoms with Crippen molar-refractivity contribution >= 4 is 28.9 Å². The van der Waals surface area contributed by atoms with Gasteiger partial charge >= 0.3 is 0 Å². The summed E-state index contributed by atoms with van der Waals surface area (Å²) in [5.74, 6) is 0.00802. The van der Waals surface area contributed by atoms with Crippen molar-refractivity contribution in [3.8, 4) is 5.69 Å². The molecule has 0 unspecified atom stereocenters. The van der Waals surface area contributed by atoms with Gasteiger partial charge in [0.05, 0.1) is 5.69 Å². The highest BCUT2D eigenvalue weighted by Gasteiger charge is 2.21. The Morgan fingerprint density at radius 2 is 1.38 bits per heavy atom. The third-order valence-corrected chi connectivity index (χ3v) is 4.78. The van der Waals surface area contributed by atoms with Gasteiger partial charge in [0.1, 0.15) is 5.82 Å². The van der Waals surface area contributed by atoms with Crippen LogP contribution in [0.4, 0.5) is 17.2 Å². The van der Waals surface area contributed by atoms with E-state index in [1.165, 1.54) is 15.1 Å². The summed E-state index contributed by atoms with van der Waals surface area (Å²) in [6.07, 6.45) is 0. The van der Waals surface area contributed by atoms with Crippen molar-refractivity contribution in [1.29, 1.82) is 0 Å². The SMILES string of the molecule is O=C(Nc1ccccc1)c1nn(-c2ccccc2)c2nc(Nc3ccccc3)cc(=O)n12. The summed E-state index contributed by atoms with van der Waals surface area (Å²) < 4.78 is 2.69. The van der Waals surface area contributed by atoms with Crippen molar-refractivity contribution in [2.75, 3.05) is 10.6 Å². The Bertz CT molecular complexity index is 1440. The third-order valence-electron chi connectivity index (χ3n) is 4.78. The van der Waals surface area contributed by atoms with Crippen molar-refractivity contribution < 1.29 is 4.79 Å². The van der Waals surface area contributed by atoms with Gasteiger partial charge in [0, 0.05) is 17.4 Å². The maximum atomic E-state index is 13.1. The van der Waals surface area contributed by atoms with Gasteiger partial charge in [-0.1, -0.05) is 54.6 Å². The number of anilines is 3. The molecule has 0 saturated heterocycles. The first-order valence-corrected chi connectivity index (χ1v) is 9.96. The Morgan fingerprint density at radius 3 is 2.03 bits per heavy atom. The summed E-state index contributed by atoms with van der Waals surface area (Å²) in [6, 6.07) is 29.0. The van der Waals surface area contributed by atoms with E-state index in [1.807, 2.05) is 78.9 Å². The number of para-hydroxylation sites is 3. The van der Waals surface area contributed by atoms with Crippen LogP contribution in [0.15, 0.2) is 102 Å². The van der Waals surface area contributed by atoms with Gasteiger partial charge < -0.3 is 10.6 Å². The zero-order valence-electron chi connectivity index (χ0n) is 16.8. The van der Waals surface area contributed by atoms with Crippen molar-refractivity contribution in [2.24, 2.45) is 0 Å². The van der Waals surface area contributed by atoms with Crippen LogP contribution in [-0.2, 0) is 0 Å². The number of nitrogens with one attached hydrogen (secondary N) is 2. The van der Waals surface area contributed by atoms with Gasteiger partial charge in [-0.15, -0.1) is 5.10 Å². The molecule has 5 rings (SSSR count). The lowest BCUT2D eigenvalue weighted by Gasteiger charge is -2.07. The molecule has 1 amide bonds. The fourth-order valence-corrected chi connectivity index (χ4v) is 3.33. The molecule has 0 spiro atoms. The molecule has 0 saturated carbocycles. The van der Waals surface area contributed by atoms with Crippen LogP contribution >= 0.6 is 0 Å². The quantitative estimate of drug-likeness (QED) is 0.448. The van der Waals surface area contributed by atoms with E-state index in [0.29, 0.717) is 17.2 Å². The number of rotatable bonds is 5. The van der Waals surface area contributed by atoms with E-state index in [9.17, 15) is 9.59 Å². The molecule has 8 nitrogen and oxygen atoms in total. The van der Waals surface area contributed by atoms with Crippen molar-refractivity contribution in [2.45, 2.75) is 0 Å². The molecule has 3 aromatic carbocycles. The highest BCUT2D eigenvalue weighted by atomic mass is 16.2. The lowest BCUT2D eigenvalue weighted by molar-refractivity contribution is 0.101. The maximum absolute atomic E-state index is 13.1. The summed E-state index contributed by atoms with van der Waals surface area (Å²) in [6.45, 7) is 0. The van der Waals surface area contributed by atoms with Gasteiger partial charge in [0.2, 0.25) is 11.6 Å². The van der Waals surface area contributed by atoms with E-state index in [-0.39, 0.29) is 11.6 Å². The third kappa shape index (κ3) is 3.72. The molecular formula is C24H18N6O2. The summed E-state index contributed by atoms with van der Waals surface area (Å²) in [5.41, 5.74) is 1.64. The van der Waals surface area contributed by atoms with Crippen LogP contribution in [0, 0.1) is 0 Å². The molecule has 32 heavy (non-hydrogen) atoms. The molecule has 2 heterocycles. The Morgan fingerprint density at radius 1 is 0.781 bits per heavy atom. The number of amides is 1. The largest absolute Gasteiger partial charge is 0.340 e. The Balaban J connectivity index is 1.65. The number of hydrogen-bond donors (Lipinski definition) is 2. The van der Waals surface area contributed by atoms with E-state index in [1.54, 1.807) is 12.1 Å². The molecule has 0 radical (unpaired) electrons. The molecule has 0 atom stereocenters. The van der Waals surface area contributed by atoms with Gasteiger partial charge in [-0.05, 0) is 36.4 Å². The molecule has 8 heteroatoms. The molecule has 0 aliphatic rings. The Kier molecular flexibility index (Phi) is 4.93. The average molecular weight is 422 g/mol. The number of aromatic nitrogens is 4. The van der Waals surface area contributed by atoms with Crippen LogP contribution in [0.25, 0.3) is 11.5 Å². The zero-order chi connectivity index (χ0) is 21.9. The lowest BCUT2D eigenvalue weighted by Crippen LogP contribution is -2.22. The minimum atomic E-state index is -0.511. The fraction of sp³-hybridized carbons (Fsp3) is 0. The lowest BCUT2D eigenvalue weighted by atomic mass is 10.3. The first kappa shape index (κ1) is 19.3. The summed E-state index contributed by atoms with van der Waals surface area (Å²) in [7, 11) is 0. The van der Waals surface area contributed by atoms with E-state index in [2.05, 4.69) is 20.7 Å². The first-order valence-electron chi connectivity index (χ1n) is 9.96. The number of nitrogens with zero attached hydrogens (tertiary/aromatic N) is 4. The monoisotopic (exact) mass is 422 g/mol. The molecule has 156 valence electrons. The standard InChI is InChI=1S/C24H18N6O2/c31-21-16-20(25-17-10-4-1-5-11-17)27-24-29(21)22(23(32)26-18-12-6-2-7-13-18)28-30(24)19-14-8-3-9-15-19/h1-16,25H,(H,26,32). The Labute approximate surface area is 182 Å². The highest BCUT2D eigenvalue weighted by molar-refractivity contribution is 6.02. The number of carbonyl (C=O) groups excluding carboxylic acids is 1. The van der Waals surface area contributed by atoms with Crippen LogP contribution in [-0.4, -0.2) is 25.1 Å². The highest BCUT2D eigenvalue weighted by Crippen LogP contribution is 2.17. The van der Waals surface area contributed by atoms with Crippen LogP contribution in [0.2, 0.25) is 0 Å². The molecular weight excluding hydrogens is 404 g/mol. The summed E-state index contributed by atoms with van der Waals surface area (Å²) in [4.78, 5) is 30.7. The predicted molar refractivity (Wildman–Crippen MR) is 123 cm³/mol. The van der Waals surface area contributed by atoms with E-state index >= 15 is 0 Å². The van der Waals surface area contributed by atoms with Crippen molar-refractivity contribution in [3.05, 3.63) is 113 Å². The minimum absolute atomic E-state index is 0.0588. The molecule has 0 aliphatic heterocycles. The van der Waals surface area contributed by atoms with Crippen molar-refractivity contribution in [3.63, 3.8) is 0 Å². The van der Waals surface area contributed by atoms with Crippen LogP contribution in [0.1, 0.15) is 10.6 Å². The predicted octanol–water partition coefficient (Wildman–Crippen LogP) is 3.88. The molecule has 5 aromatic rings. The van der Waals surface area contributed by atoms with E-state index in [0.717, 1.165) is 5.69 Å². The maximum Gasteiger partial charge on any atom is 0.294 e. The normalized spacial score (nSPS) is 10.8. The van der Waals surface area contributed by atoms with Gasteiger partial charge in [-0.2, -0.15) is 9.67 Å². The smallest absolute Gasteiger partial charge is 0.294 e. The number of carbonyl (C=O) groups is 1. The van der Waals surface area contributed by atoms with Gasteiger partial charge in [-0.25, -0.2) is 4.40 Å². The number of benzene rings is 3. The van der Waals surface area contributed by atoms with Gasteiger partial charge in [0.15, 0.2) is 0 Å². The molecule has 0 fully saturated rings. The van der Waals surface area contributed by atoms with Gasteiger partial charge in [-0.3, -0.25) is 9.59 Å². The van der Waals surface area contributed by atoms with E-state index in [4.69, 9.17) is 0 Å². The van der Waals surface area contributed by atoms with Gasteiger partial charge in [0.25, 0.3) is 11.5 Å². The topological polar surface area (TPSA) is 93.3 Å². The zero-order valence-corrected chi connectivity index (χ0v) is 16.8. The first-order chi connectivity index (χ1) is 15.7. The summed E-state index contributed by atoms with van der Waals surface area (Å²) >= 11 is 0. The Hall–Kier alpha value is -4.72. The average Bonchev–Trinajstić information content (AvgIpc) is 3.21.